The maximum Gasteiger partial charge on any atom is 0.204 e. The first-order chi connectivity index (χ1) is 9.58. The summed E-state index contributed by atoms with van der Waals surface area (Å²) in [6, 6.07) is 14.9. The second-order valence-electron chi connectivity index (χ2n) is 4.46. The Kier molecular flexibility index (Phi) is 4.89. The molecule has 0 fully saturated rings. The number of aliphatic imine (C=N–C) groups is 1. The van der Waals surface area contributed by atoms with Gasteiger partial charge in [-0.1, -0.05) is 24.3 Å². The van der Waals surface area contributed by atoms with Crippen LogP contribution in [-0.2, 0) is 0 Å². The quantitative estimate of drug-likeness (QED) is 0.380. The third kappa shape index (κ3) is 3.66. The number of nitrogens with two attached hydrogens (primary N) is 1. The molecule has 0 spiro atoms. The number of carbonyl (C=O) groups excluding carboxylic acids is 1. The summed E-state index contributed by atoms with van der Waals surface area (Å²) in [6.45, 7) is 1.95. The van der Waals surface area contributed by atoms with Gasteiger partial charge in [-0.25, -0.2) is 0 Å². The van der Waals surface area contributed by atoms with Crippen LogP contribution in [0, 0.1) is 3.57 Å². The molecule has 0 amide bonds. The van der Waals surface area contributed by atoms with Gasteiger partial charge in [0, 0.05) is 14.8 Å². The summed E-state index contributed by atoms with van der Waals surface area (Å²) in [5.41, 5.74) is 8.09. The van der Waals surface area contributed by atoms with Gasteiger partial charge >= 0.3 is 0 Å². The van der Waals surface area contributed by atoms with E-state index in [1.54, 1.807) is 0 Å². The predicted octanol–water partition coefficient (Wildman–Crippen LogP) is 3.89. The average molecular weight is 378 g/mol. The first-order valence-corrected chi connectivity index (χ1v) is 7.33. The van der Waals surface area contributed by atoms with Crippen LogP contribution in [0.5, 0.6) is 0 Å². The molecule has 0 bridgehead atoms. The van der Waals surface area contributed by atoms with Gasteiger partial charge in [0.05, 0.1) is 12.3 Å². The van der Waals surface area contributed by atoms with E-state index in [0.717, 1.165) is 14.8 Å². The Bertz CT molecular complexity index is 635. The minimum absolute atomic E-state index is 0.0686. The number of carbonyl (C=O) groups is 1. The number of ketones is 1. The van der Waals surface area contributed by atoms with Crippen molar-refractivity contribution in [2.75, 3.05) is 5.73 Å². The number of hydrogen-bond donors (Lipinski definition) is 1. The Morgan fingerprint density at radius 2 is 1.85 bits per heavy atom. The molecule has 0 aliphatic heterocycles. The van der Waals surface area contributed by atoms with E-state index in [1.807, 2.05) is 55.5 Å². The summed E-state index contributed by atoms with van der Waals surface area (Å²) in [4.78, 5) is 16.4. The fourth-order valence-electron chi connectivity index (χ4n) is 1.77. The lowest BCUT2D eigenvalue weighted by atomic mass is 10.1. The highest BCUT2D eigenvalue weighted by Crippen LogP contribution is 2.18. The van der Waals surface area contributed by atoms with Gasteiger partial charge in [0.15, 0.2) is 0 Å². The summed E-state index contributed by atoms with van der Waals surface area (Å²) in [5.74, 6) is -0.0719. The zero-order chi connectivity index (χ0) is 14.5. The molecular formula is C16H15IN2O. The molecule has 2 rings (SSSR count). The monoisotopic (exact) mass is 378 g/mol. The molecule has 0 radical (unpaired) electrons. The van der Waals surface area contributed by atoms with Crippen LogP contribution in [0.2, 0.25) is 0 Å². The minimum Gasteiger partial charge on any atom is -0.399 e. The number of Topliss-reactive ketones (excluding diaryl/α,β-unsaturated/α-hetero) is 1. The number of anilines is 1. The van der Waals surface area contributed by atoms with Crippen molar-refractivity contribution in [1.29, 1.82) is 0 Å². The minimum atomic E-state index is -0.0719. The van der Waals surface area contributed by atoms with Crippen LogP contribution in [0.15, 0.2) is 53.5 Å². The number of rotatable bonds is 4. The summed E-state index contributed by atoms with van der Waals surface area (Å²) in [6.07, 6.45) is 1.40. The number of hydrogen-bond acceptors (Lipinski definition) is 3. The molecule has 2 N–H and O–H groups in total. The highest BCUT2D eigenvalue weighted by atomic mass is 127. The molecule has 0 aliphatic rings. The molecule has 0 aromatic heterocycles. The van der Waals surface area contributed by atoms with Gasteiger partial charge in [0.1, 0.15) is 0 Å². The molecule has 2 aromatic rings. The molecule has 1 atom stereocenters. The van der Waals surface area contributed by atoms with Gasteiger partial charge < -0.3 is 5.73 Å². The second-order valence-corrected chi connectivity index (χ2v) is 5.63. The SMILES string of the molecule is CC(N=CC(=O)c1ccccc1I)c1ccc(N)cc1. The van der Waals surface area contributed by atoms with Crippen molar-refractivity contribution < 1.29 is 4.79 Å². The van der Waals surface area contributed by atoms with Crippen LogP contribution in [0.4, 0.5) is 5.69 Å². The van der Waals surface area contributed by atoms with Crippen LogP contribution >= 0.6 is 22.6 Å². The van der Waals surface area contributed by atoms with Crippen molar-refractivity contribution in [2.24, 2.45) is 4.99 Å². The third-order valence-corrected chi connectivity index (χ3v) is 3.91. The Morgan fingerprint density at radius 3 is 2.50 bits per heavy atom. The Morgan fingerprint density at radius 1 is 1.20 bits per heavy atom. The average Bonchev–Trinajstić information content (AvgIpc) is 2.45. The topological polar surface area (TPSA) is 55.5 Å². The number of nitrogen functional groups attached to an aromatic ring is 1. The van der Waals surface area contributed by atoms with Crippen molar-refractivity contribution >= 4 is 40.3 Å². The molecule has 1 unspecified atom stereocenters. The normalized spacial score (nSPS) is 12.5. The number of halogens is 1. The molecule has 0 saturated carbocycles. The standard InChI is InChI=1S/C16H15IN2O/c1-11(12-6-8-13(18)9-7-12)19-10-16(20)14-4-2-3-5-15(14)17/h2-11H,18H2,1H3. The van der Waals surface area contributed by atoms with E-state index in [2.05, 4.69) is 27.6 Å². The number of benzene rings is 2. The summed E-state index contributed by atoms with van der Waals surface area (Å²) >= 11 is 2.15. The number of nitrogens with zero attached hydrogens (tertiary/aromatic N) is 1. The lowest BCUT2D eigenvalue weighted by Gasteiger charge is -2.06. The van der Waals surface area contributed by atoms with Crippen LogP contribution in [0.25, 0.3) is 0 Å². The first kappa shape index (κ1) is 14.7. The highest BCUT2D eigenvalue weighted by molar-refractivity contribution is 14.1. The summed E-state index contributed by atoms with van der Waals surface area (Å²) in [7, 11) is 0. The van der Waals surface area contributed by atoms with Crippen molar-refractivity contribution in [3.05, 3.63) is 63.2 Å². The zero-order valence-electron chi connectivity index (χ0n) is 11.1. The van der Waals surface area contributed by atoms with Gasteiger partial charge in [-0.15, -0.1) is 0 Å². The van der Waals surface area contributed by atoms with Crippen LogP contribution in [0.1, 0.15) is 28.9 Å². The molecule has 20 heavy (non-hydrogen) atoms. The van der Waals surface area contributed by atoms with Crippen molar-refractivity contribution in [2.45, 2.75) is 13.0 Å². The summed E-state index contributed by atoms with van der Waals surface area (Å²) < 4.78 is 0.932. The molecule has 0 saturated heterocycles. The van der Waals surface area contributed by atoms with E-state index in [-0.39, 0.29) is 11.8 Å². The predicted molar refractivity (Wildman–Crippen MR) is 91.3 cm³/mol. The van der Waals surface area contributed by atoms with E-state index >= 15 is 0 Å². The van der Waals surface area contributed by atoms with Crippen molar-refractivity contribution in [3.8, 4) is 0 Å². The fraction of sp³-hybridized carbons (Fsp3) is 0.125. The zero-order valence-corrected chi connectivity index (χ0v) is 13.2. The van der Waals surface area contributed by atoms with Gasteiger partial charge in [-0.2, -0.15) is 0 Å². The molecular weight excluding hydrogens is 363 g/mol. The van der Waals surface area contributed by atoms with Crippen LogP contribution in [-0.4, -0.2) is 12.0 Å². The third-order valence-electron chi connectivity index (χ3n) is 2.97. The lowest BCUT2D eigenvalue weighted by Crippen LogP contribution is -2.04. The van der Waals surface area contributed by atoms with E-state index < -0.39 is 0 Å². The fourth-order valence-corrected chi connectivity index (χ4v) is 2.42. The van der Waals surface area contributed by atoms with Gasteiger partial charge in [-0.3, -0.25) is 9.79 Å². The van der Waals surface area contributed by atoms with Gasteiger partial charge in [-0.05, 0) is 59.3 Å². The van der Waals surface area contributed by atoms with E-state index in [1.165, 1.54) is 6.21 Å². The van der Waals surface area contributed by atoms with Gasteiger partial charge in [0.2, 0.25) is 5.78 Å². The maximum absolute atomic E-state index is 12.1. The Labute approximate surface area is 132 Å². The second kappa shape index (κ2) is 6.65. The van der Waals surface area contributed by atoms with E-state index in [0.29, 0.717) is 5.56 Å². The first-order valence-electron chi connectivity index (χ1n) is 6.25. The largest absolute Gasteiger partial charge is 0.399 e. The van der Waals surface area contributed by atoms with E-state index in [4.69, 9.17) is 5.73 Å². The summed E-state index contributed by atoms with van der Waals surface area (Å²) in [5, 5.41) is 0. The highest BCUT2D eigenvalue weighted by Gasteiger charge is 2.08. The molecule has 102 valence electrons. The van der Waals surface area contributed by atoms with Crippen molar-refractivity contribution in [1.82, 2.24) is 0 Å². The molecule has 4 heteroatoms. The smallest absolute Gasteiger partial charge is 0.204 e. The van der Waals surface area contributed by atoms with Crippen LogP contribution < -0.4 is 5.73 Å². The van der Waals surface area contributed by atoms with E-state index in [9.17, 15) is 4.79 Å². The molecule has 3 nitrogen and oxygen atoms in total. The Balaban J connectivity index is 2.11. The lowest BCUT2D eigenvalue weighted by molar-refractivity contribution is 0.106. The molecule has 0 heterocycles. The van der Waals surface area contributed by atoms with Crippen LogP contribution in [0.3, 0.4) is 0 Å². The van der Waals surface area contributed by atoms with Crippen molar-refractivity contribution in [3.63, 3.8) is 0 Å². The maximum atomic E-state index is 12.1. The van der Waals surface area contributed by atoms with Gasteiger partial charge in [0.25, 0.3) is 0 Å². The molecule has 0 aliphatic carbocycles. The molecule has 2 aromatic carbocycles. The Hall–Kier alpha value is -1.69.